The number of aromatic nitrogens is 3. The van der Waals surface area contributed by atoms with Gasteiger partial charge in [-0.2, -0.15) is 0 Å². The predicted octanol–water partition coefficient (Wildman–Crippen LogP) is 1.01. The van der Waals surface area contributed by atoms with Crippen molar-refractivity contribution in [1.29, 1.82) is 0 Å². The lowest BCUT2D eigenvalue weighted by Gasteiger charge is -2.43. The molecule has 1 aliphatic rings. The number of para-hydroxylation sites is 1. The van der Waals surface area contributed by atoms with Crippen LogP contribution in [0.4, 0.5) is 5.69 Å². The molecule has 2 heterocycles. The molecule has 0 radical (unpaired) electrons. The van der Waals surface area contributed by atoms with Gasteiger partial charge < -0.3 is 0 Å². The minimum atomic E-state index is -0.849. The Morgan fingerprint density at radius 3 is 2.55 bits per heavy atom. The highest BCUT2D eigenvalue weighted by Crippen LogP contribution is 2.40. The van der Waals surface area contributed by atoms with Crippen LogP contribution in [0.3, 0.4) is 0 Å². The Labute approximate surface area is 117 Å². The Hall–Kier alpha value is -2.48. The number of nitro benzene ring substituents is 1. The molecular weight excluding hydrogens is 286 g/mol. The minimum absolute atomic E-state index is 0.0753. The number of alkyl halides is 1. The zero-order valence-electron chi connectivity index (χ0n) is 9.96. The van der Waals surface area contributed by atoms with Crippen LogP contribution in [-0.4, -0.2) is 31.1 Å². The smallest absolute Gasteiger partial charge is 0.271 e. The molecule has 1 aromatic heterocycles. The summed E-state index contributed by atoms with van der Waals surface area (Å²) in [6, 6.07) is 5.57. The van der Waals surface area contributed by atoms with E-state index in [9.17, 15) is 14.9 Å². The number of carbonyl (C=O) groups excluding carboxylic acids is 1. The van der Waals surface area contributed by atoms with E-state index in [2.05, 4.69) is 10.2 Å². The number of halogens is 1. The minimum Gasteiger partial charge on any atom is -0.271 e. The van der Waals surface area contributed by atoms with Crippen molar-refractivity contribution in [3.8, 4) is 0 Å². The van der Waals surface area contributed by atoms with Gasteiger partial charge in [0, 0.05) is 6.07 Å². The second kappa shape index (κ2) is 4.57. The maximum atomic E-state index is 11.9. The fraction of sp³-hybridized carbons (Fsp3) is 0.182. The number of hydrogen-bond acceptors (Lipinski definition) is 5. The van der Waals surface area contributed by atoms with Crippen molar-refractivity contribution in [2.75, 3.05) is 5.01 Å². The summed E-state index contributed by atoms with van der Waals surface area (Å²) >= 11 is 6.02. The zero-order valence-corrected chi connectivity index (χ0v) is 10.7. The lowest BCUT2D eigenvalue weighted by atomic mass is 9.94. The highest BCUT2D eigenvalue weighted by atomic mass is 35.5. The maximum absolute atomic E-state index is 11.9. The summed E-state index contributed by atoms with van der Waals surface area (Å²) in [6.45, 7) is 0. The molecule has 0 spiro atoms. The van der Waals surface area contributed by atoms with Crippen LogP contribution < -0.4 is 5.01 Å². The molecule has 2 unspecified atom stereocenters. The summed E-state index contributed by atoms with van der Waals surface area (Å²) in [6.07, 6.45) is 2.67. The fourth-order valence-corrected chi connectivity index (χ4v) is 2.54. The Morgan fingerprint density at radius 1 is 1.25 bits per heavy atom. The van der Waals surface area contributed by atoms with E-state index in [-0.39, 0.29) is 11.6 Å². The summed E-state index contributed by atoms with van der Waals surface area (Å²) in [5, 5.41) is 18.7. The van der Waals surface area contributed by atoms with E-state index in [0.29, 0.717) is 5.56 Å². The van der Waals surface area contributed by atoms with Gasteiger partial charge in [-0.3, -0.25) is 14.9 Å². The van der Waals surface area contributed by atoms with Crippen molar-refractivity contribution in [3.05, 3.63) is 52.6 Å². The van der Waals surface area contributed by atoms with Crippen molar-refractivity contribution in [3.63, 3.8) is 0 Å². The monoisotopic (exact) mass is 293 g/mol. The number of rotatable bonds is 3. The highest BCUT2D eigenvalue weighted by molar-refractivity contribution is 6.36. The summed E-state index contributed by atoms with van der Waals surface area (Å²) in [4.78, 5) is 22.5. The molecule has 1 aliphatic heterocycles. The average Bonchev–Trinajstić information content (AvgIpc) is 2.96. The van der Waals surface area contributed by atoms with Gasteiger partial charge in [-0.05, 0) is 6.07 Å². The summed E-state index contributed by atoms with van der Waals surface area (Å²) in [7, 11) is 0. The molecule has 1 aromatic carbocycles. The van der Waals surface area contributed by atoms with Gasteiger partial charge in [-0.1, -0.05) is 12.1 Å². The van der Waals surface area contributed by atoms with E-state index < -0.39 is 16.3 Å². The molecule has 0 saturated carbocycles. The third-order valence-electron chi connectivity index (χ3n) is 3.11. The van der Waals surface area contributed by atoms with Crippen LogP contribution in [-0.2, 0) is 4.79 Å². The van der Waals surface area contributed by atoms with Crippen LogP contribution in [0.2, 0.25) is 0 Å². The van der Waals surface area contributed by atoms with E-state index in [1.165, 1.54) is 28.4 Å². The van der Waals surface area contributed by atoms with Gasteiger partial charge >= 0.3 is 0 Å². The van der Waals surface area contributed by atoms with Crippen LogP contribution in [0.5, 0.6) is 0 Å². The van der Waals surface area contributed by atoms with E-state index in [0.717, 1.165) is 0 Å². The van der Waals surface area contributed by atoms with Crippen molar-refractivity contribution < 1.29 is 9.72 Å². The van der Waals surface area contributed by atoms with Crippen molar-refractivity contribution >= 4 is 23.2 Å². The van der Waals surface area contributed by atoms with Crippen molar-refractivity contribution in [2.45, 2.75) is 11.4 Å². The standard InChI is InChI=1S/C11H8ClN5O3/c12-9-10(7-3-1-2-4-8(7)17(19)20)16(11(9)18)15-5-13-14-6-15/h1-6,9-10H. The van der Waals surface area contributed by atoms with Crippen LogP contribution in [0, 0.1) is 10.1 Å². The van der Waals surface area contributed by atoms with Gasteiger partial charge in [0.05, 0.1) is 10.5 Å². The topological polar surface area (TPSA) is 94.2 Å². The third kappa shape index (κ3) is 1.73. The van der Waals surface area contributed by atoms with Crippen molar-refractivity contribution in [2.24, 2.45) is 0 Å². The average molecular weight is 294 g/mol. The Morgan fingerprint density at radius 2 is 1.90 bits per heavy atom. The number of carbonyl (C=O) groups is 1. The number of amides is 1. The molecule has 2 atom stereocenters. The molecule has 20 heavy (non-hydrogen) atoms. The van der Waals surface area contributed by atoms with E-state index in [4.69, 9.17) is 11.6 Å². The van der Waals surface area contributed by atoms with Crippen LogP contribution in [0.25, 0.3) is 0 Å². The van der Waals surface area contributed by atoms with Crippen LogP contribution in [0.1, 0.15) is 11.6 Å². The van der Waals surface area contributed by atoms with Gasteiger partial charge in [-0.25, -0.2) is 9.69 Å². The van der Waals surface area contributed by atoms with Gasteiger partial charge in [0.1, 0.15) is 24.1 Å². The predicted molar refractivity (Wildman–Crippen MR) is 68.7 cm³/mol. The number of β-lactam (4-membered cyclic amide) rings is 1. The molecule has 102 valence electrons. The number of hydrogen-bond donors (Lipinski definition) is 0. The van der Waals surface area contributed by atoms with Gasteiger partial charge in [0.15, 0.2) is 0 Å². The first-order chi connectivity index (χ1) is 9.61. The molecule has 0 N–H and O–H groups in total. The van der Waals surface area contributed by atoms with Crippen LogP contribution >= 0.6 is 11.6 Å². The third-order valence-corrected chi connectivity index (χ3v) is 3.54. The van der Waals surface area contributed by atoms with Gasteiger partial charge in [0.25, 0.3) is 11.6 Å². The second-order valence-corrected chi connectivity index (χ2v) is 4.66. The molecule has 9 heteroatoms. The van der Waals surface area contributed by atoms with Gasteiger partial charge in [0.2, 0.25) is 0 Å². The number of nitrogens with zero attached hydrogens (tertiary/aromatic N) is 5. The molecule has 2 aromatic rings. The Kier molecular flexibility index (Phi) is 2.87. The van der Waals surface area contributed by atoms with E-state index >= 15 is 0 Å². The Balaban J connectivity index is 2.05. The highest BCUT2D eigenvalue weighted by Gasteiger charge is 2.50. The fourth-order valence-electron chi connectivity index (χ4n) is 2.20. The van der Waals surface area contributed by atoms with Crippen LogP contribution in [0.15, 0.2) is 36.9 Å². The normalized spacial score (nSPS) is 21.6. The summed E-state index contributed by atoms with van der Waals surface area (Å²) < 4.78 is 1.36. The van der Waals surface area contributed by atoms with E-state index in [1.54, 1.807) is 18.2 Å². The number of nitro groups is 1. The molecule has 0 bridgehead atoms. The molecule has 0 aliphatic carbocycles. The SMILES string of the molecule is O=C1C(Cl)C(c2ccccc2[N+](=O)[O-])N1n1cnnc1. The first-order valence-electron chi connectivity index (χ1n) is 5.66. The maximum Gasteiger partial charge on any atom is 0.274 e. The van der Waals surface area contributed by atoms with E-state index in [1.807, 2.05) is 0 Å². The second-order valence-electron chi connectivity index (χ2n) is 4.19. The first kappa shape index (κ1) is 12.5. The number of benzene rings is 1. The first-order valence-corrected chi connectivity index (χ1v) is 6.10. The van der Waals surface area contributed by atoms with Gasteiger partial charge in [-0.15, -0.1) is 21.8 Å². The molecule has 3 rings (SSSR count). The quantitative estimate of drug-likeness (QED) is 0.364. The lowest BCUT2D eigenvalue weighted by molar-refractivity contribution is -0.385. The molecule has 1 saturated heterocycles. The zero-order chi connectivity index (χ0) is 14.3. The Bertz CT molecular complexity index is 674. The lowest BCUT2D eigenvalue weighted by Crippen LogP contribution is -2.61. The molecule has 8 nitrogen and oxygen atoms in total. The molecule has 1 fully saturated rings. The summed E-state index contributed by atoms with van der Waals surface area (Å²) in [5.74, 6) is -0.352. The largest absolute Gasteiger partial charge is 0.274 e. The molecule has 1 amide bonds. The van der Waals surface area contributed by atoms with Crippen molar-refractivity contribution in [1.82, 2.24) is 14.9 Å². The molecular formula is C11H8ClN5O3. The summed E-state index contributed by atoms with van der Waals surface area (Å²) in [5.41, 5.74) is 0.305.